The van der Waals surface area contributed by atoms with Crippen molar-refractivity contribution in [2.45, 2.75) is 58.8 Å². The van der Waals surface area contributed by atoms with E-state index in [1.807, 2.05) is 30.3 Å². The van der Waals surface area contributed by atoms with Gasteiger partial charge in [0.25, 0.3) is 0 Å². The summed E-state index contributed by atoms with van der Waals surface area (Å²) in [6.45, 7) is 7.69. The maximum absolute atomic E-state index is 12.5. The summed E-state index contributed by atoms with van der Waals surface area (Å²) in [4.78, 5) is 38.6. The van der Waals surface area contributed by atoms with Gasteiger partial charge in [-0.05, 0) is 39.7 Å². The normalized spacial score (nSPS) is 19.2. The molecule has 0 radical (unpaired) electrons. The van der Waals surface area contributed by atoms with Gasteiger partial charge in [0.1, 0.15) is 18.2 Å². The lowest BCUT2D eigenvalue weighted by Crippen LogP contribution is -2.46. The Balaban J connectivity index is 2.02. The van der Waals surface area contributed by atoms with Crippen molar-refractivity contribution in [2.24, 2.45) is 5.92 Å². The maximum atomic E-state index is 12.5. The highest BCUT2D eigenvalue weighted by Gasteiger charge is 2.45. The Kier molecular flexibility index (Phi) is 7.43. The molecular weight excluding hydrogens is 362 g/mol. The van der Waals surface area contributed by atoms with Gasteiger partial charge in [-0.3, -0.25) is 9.69 Å². The number of carbonyl (C=O) groups is 3. The molecule has 1 aromatic carbocycles. The minimum absolute atomic E-state index is 0.0373. The second-order valence-electron chi connectivity index (χ2n) is 7.77. The van der Waals surface area contributed by atoms with Crippen LogP contribution in [-0.2, 0) is 30.4 Å². The molecule has 28 heavy (non-hydrogen) atoms. The average molecular weight is 391 g/mol. The minimum atomic E-state index is -0.848. The van der Waals surface area contributed by atoms with Crippen LogP contribution < -0.4 is 0 Å². The molecule has 0 saturated carbocycles. The number of hydrogen-bond acceptors (Lipinski definition) is 6. The van der Waals surface area contributed by atoms with Crippen molar-refractivity contribution >= 4 is 18.0 Å². The standard InChI is InChI=1S/C21H29NO6/c1-5-26-19(24)18-16(11-12-22(18)20(25)28-21(2,3)4)13-17(23)27-14-15-9-7-6-8-10-15/h6-10,16,18H,5,11-14H2,1-4H3/t16-,18-/m1/s1. The Hall–Kier alpha value is -2.57. The van der Waals surface area contributed by atoms with E-state index in [1.165, 1.54) is 4.90 Å². The van der Waals surface area contributed by atoms with Gasteiger partial charge < -0.3 is 14.2 Å². The molecule has 1 aromatic rings. The highest BCUT2D eigenvalue weighted by Crippen LogP contribution is 2.30. The quantitative estimate of drug-likeness (QED) is 0.547. The van der Waals surface area contributed by atoms with Crippen LogP contribution in [0.2, 0.25) is 0 Å². The van der Waals surface area contributed by atoms with Crippen molar-refractivity contribution in [3.8, 4) is 0 Å². The molecule has 1 fully saturated rings. The summed E-state index contributed by atoms with van der Waals surface area (Å²) in [6, 6.07) is 8.52. The van der Waals surface area contributed by atoms with E-state index in [2.05, 4.69) is 0 Å². The Morgan fingerprint density at radius 3 is 2.39 bits per heavy atom. The van der Waals surface area contributed by atoms with E-state index in [9.17, 15) is 14.4 Å². The molecule has 154 valence electrons. The number of nitrogens with zero attached hydrogens (tertiary/aromatic N) is 1. The van der Waals surface area contributed by atoms with Crippen LogP contribution >= 0.6 is 0 Å². The number of amides is 1. The van der Waals surface area contributed by atoms with Crippen LogP contribution in [0, 0.1) is 5.92 Å². The lowest BCUT2D eigenvalue weighted by Gasteiger charge is -2.29. The van der Waals surface area contributed by atoms with Crippen LogP contribution in [0.4, 0.5) is 4.79 Å². The molecule has 1 heterocycles. The molecule has 1 saturated heterocycles. The topological polar surface area (TPSA) is 82.1 Å². The molecule has 0 unspecified atom stereocenters. The molecule has 2 rings (SSSR count). The first-order valence-electron chi connectivity index (χ1n) is 9.57. The van der Waals surface area contributed by atoms with E-state index in [-0.39, 0.29) is 25.6 Å². The average Bonchev–Trinajstić information content (AvgIpc) is 3.03. The summed E-state index contributed by atoms with van der Waals surface area (Å²) in [7, 11) is 0. The van der Waals surface area contributed by atoms with E-state index in [0.717, 1.165) is 5.56 Å². The van der Waals surface area contributed by atoms with Gasteiger partial charge in [-0.15, -0.1) is 0 Å². The monoisotopic (exact) mass is 391 g/mol. The number of rotatable bonds is 6. The predicted octanol–water partition coefficient (Wildman–Crippen LogP) is 3.31. The van der Waals surface area contributed by atoms with Crippen LogP contribution in [-0.4, -0.2) is 47.7 Å². The number of esters is 2. The number of hydrogen-bond donors (Lipinski definition) is 0. The molecule has 2 atom stereocenters. The Morgan fingerprint density at radius 1 is 1.11 bits per heavy atom. The molecule has 1 aliphatic rings. The zero-order valence-electron chi connectivity index (χ0n) is 17.0. The maximum Gasteiger partial charge on any atom is 0.411 e. The Labute approximate surface area is 165 Å². The van der Waals surface area contributed by atoms with Crippen LogP contribution in [0.25, 0.3) is 0 Å². The smallest absolute Gasteiger partial charge is 0.411 e. The lowest BCUT2D eigenvalue weighted by molar-refractivity contribution is -0.151. The highest BCUT2D eigenvalue weighted by molar-refractivity contribution is 5.83. The predicted molar refractivity (Wildman–Crippen MR) is 102 cm³/mol. The Morgan fingerprint density at radius 2 is 1.79 bits per heavy atom. The molecule has 0 bridgehead atoms. The van der Waals surface area contributed by atoms with Crippen LogP contribution in [0.5, 0.6) is 0 Å². The molecule has 0 aromatic heterocycles. The summed E-state index contributed by atoms with van der Waals surface area (Å²) >= 11 is 0. The summed E-state index contributed by atoms with van der Waals surface area (Å²) < 4.78 is 15.9. The van der Waals surface area contributed by atoms with Gasteiger partial charge in [0.2, 0.25) is 0 Å². The van der Waals surface area contributed by atoms with E-state index in [0.29, 0.717) is 13.0 Å². The zero-order chi connectivity index (χ0) is 20.7. The van der Waals surface area contributed by atoms with Gasteiger partial charge in [-0.25, -0.2) is 9.59 Å². The van der Waals surface area contributed by atoms with Crippen molar-refractivity contribution in [1.29, 1.82) is 0 Å². The SMILES string of the molecule is CCOC(=O)[C@H]1[C@@H](CC(=O)OCc2ccccc2)CCN1C(=O)OC(C)(C)C. The zero-order valence-corrected chi connectivity index (χ0v) is 17.0. The van der Waals surface area contributed by atoms with Crippen LogP contribution in [0.1, 0.15) is 46.1 Å². The summed E-state index contributed by atoms with van der Waals surface area (Å²) in [5.41, 5.74) is 0.211. The van der Waals surface area contributed by atoms with Gasteiger partial charge in [0, 0.05) is 12.5 Å². The second kappa shape index (κ2) is 9.57. The third-order valence-electron chi connectivity index (χ3n) is 4.35. The molecule has 0 spiro atoms. The third kappa shape index (κ3) is 6.25. The molecule has 0 aliphatic carbocycles. The van der Waals surface area contributed by atoms with E-state index in [1.54, 1.807) is 27.7 Å². The van der Waals surface area contributed by atoms with Crippen molar-refractivity contribution < 1.29 is 28.6 Å². The van der Waals surface area contributed by atoms with Gasteiger partial charge in [0.15, 0.2) is 0 Å². The molecule has 0 N–H and O–H groups in total. The van der Waals surface area contributed by atoms with Gasteiger partial charge >= 0.3 is 18.0 Å². The van der Waals surface area contributed by atoms with Gasteiger partial charge in [0.05, 0.1) is 13.0 Å². The van der Waals surface area contributed by atoms with Crippen molar-refractivity contribution in [3.05, 3.63) is 35.9 Å². The molecule has 1 aliphatic heterocycles. The van der Waals surface area contributed by atoms with Gasteiger partial charge in [-0.1, -0.05) is 30.3 Å². The molecular formula is C21H29NO6. The Bertz CT molecular complexity index is 682. The summed E-state index contributed by atoms with van der Waals surface area (Å²) in [5, 5.41) is 0. The number of carbonyl (C=O) groups excluding carboxylic acids is 3. The lowest BCUT2D eigenvalue weighted by atomic mass is 9.96. The number of benzene rings is 1. The van der Waals surface area contributed by atoms with E-state index >= 15 is 0 Å². The number of ether oxygens (including phenoxy) is 3. The summed E-state index contributed by atoms with van der Waals surface area (Å²) in [6.07, 6.45) is -0.0376. The van der Waals surface area contributed by atoms with Crippen molar-refractivity contribution in [2.75, 3.05) is 13.2 Å². The minimum Gasteiger partial charge on any atom is -0.464 e. The fourth-order valence-electron chi connectivity index (χ4n) is 3.15. The molecule has 7 heteroatoms. The first-order chi connectivity index (χ1) is 13.2. The largest absolute Gasteiger partial charge is 0.464 e. The van der Waals surface area contributed by atoms with E-state index in [4.69, 9.17) is 14.2 Å². The highest BCUT2D eigenvalue weighted by atomic mass is 16.6. The second-order valence-corrected chi connectivity index (χ2v) is 7.77. The first-order valence-corrected chi connectivity index (χ1v) is 9.57. The van der Waals surface area contributed by atoms with Crippen molar-refractivity contribution in [1.82, 2.24) is 4.90 Å². The van der Waals surface area contributed by atoms with Gasteiger partial charge in [-0.2, -0.15) is 0 Å². The first kappa shape index (κ1) is 21.7. The molecule has 7 nitrogen and oxygen atoms in total. The van der Waals surface area contributed by atoms with Crippen LogP contribution in [0.15, 0.2) is 30.3 Å². The fourth-order valence-corrected chi connectivity index (χ4v) is 3.15. The number of likely N-dealkylation sites (tertiary alicyclic amines) is 1. The summed E-state index contributed by atoms with van der Waals surface area (Å²) in [5.74, 6) is -1.30. The van der Waals surface area contributed by atoms with Crippen molar-refractivity contribution in [3.63, 3.8) is 0 Å². The fraction of sp³-hybridized carbons (Fsp3) is 0.571. The van der Waals surface area contributed by atoms with Crippen LogP contribution in [0.3, 0.4) is 0 Å². The van der Waals surface area contributed by atoms with E-state index < -0.39 is 29.7 Å². The third-order valence-corrected chi connectivity index (χ3v) is 4.35. The molecule has 1 amide bonds.